The Labute approximate surface area is 71.2 Å². The third-order valence-corrected chi connectivity index (χ3v) is 0.859. The Kier molecular flexibility index (Phi) is 4.10. The number of carbonyl (C=O) groups is 2. The van der Waals surface area contributed by atoms with E-state index in [4.69, 9.17) is 4.74 Å². The van der Waals surface area contributed by atoms with Gasteiger partial charge in [-0.15, -0.1) is 5.06 Å². The number of ether oxygens (including phenoxy) is 1. The Balaban J connectivity index is 3.85. The predicted molar refractivity (Wildman–Crippen MR) is 41.1 cm³/mol. The van der Waals surface area contributed by atoms with Crippen LogP contribution in [0, 0.1) is 0 Å². The minimum atomic E-state index is -0.680. The fourth-order valence-corrected chi connectivity index (χ4v) is 0.506. The van der Waals surface area contributed by atoms with Gasteiger partial charge in [-0.05, 0) is 13.8 Å². The van der Waals surface area contributed by atoms with Crippen molar-refractivity contribution in [3.63, 3.8) is 0 Å². The lowest BCUT2D eigenvalue weighted by Gasteiger charge is -2.16. The summed E-state index contributed by atoms with van der Waals surface area (Å²) in [5.74, 6) is -0.557. The first-order chi connectivity index (χ1) is 5.43. The van der Waals surface area contributed by atoms with Gasteiger partial charge in [-0.3, -0.25) is 4.79 Å². The van der Waals surface area contributed by atoms with Gasteiger partial charge in [0.05, 0.1) is 13.2 Å². The summed E-state index contributed by atoms with van der Waals surface area (Å²) in [6.07, 6.45) is -0.907. The SMILES string of the molecule is CC(=O)ON(C)C(=O)OC(C)C. The molecule has 0 saturated carbocycles. The van der Waals surface area contributed by atoms with E-state index in [0.717, 1.165) is 5.06 Å². The van der Waals surface area contributed by atoms with Gasteiger partial charge in [-0.25, -0.2) is 4.79 Å². The molecule has 0 fully saturated rings. The third kappa shape index (κ3) is 4.54. The largest absolute Gasteiger partial charge is 0.445 e. The second kappa shape index (κ2) is 4.58. The Morgan fingerprint density at radius 3 is 2.17 bits per heavy atom. The van der Waals surface area contributed by atoms with Crippen molar-refractivity contribution in [1.82, 2.24) is 5.06 Å². The average molecular weight is 175 g/mol. The van der Waals surface area contributed by atoms with E-state index < -0.39 is 12.1 Å². The van der Waals surface area contributed by atoms with Crippen molar-refractivity contribution in [2.24, 2.45) is 0 Å². The number of amides is 1. The van der Waals surface area contributed by atoms with E-state index >= 15 is 0 Å². The molecular formula is C7H13NO4. The fraction of sp³-hybridized carbons (Fsp3) is 0.714. The fourth-order valence-electron chi connectivity index (χ4n) is 0.506. The summed E-state index contributed by atoms with van der Waals surface area (Å²) in [4.78, 5) is 25.7. The summed E-state index contributed by atoms with van der Waals surface area (Å²) in [5.41, 5.74) is 0. The van der Waals surface area contributed by atoms with E-state index in [1.807, 2.05) is 0 Å². The topological polar surface area (TPSA) is 55.8 Å². The predicted octanol–water partition coefficient (Wildman–Crippen LogP) is 0.941. The molecule has 0 bridgehead atoms. The van der Waals surface area contributed by atoms with Gasteiger partial charge in [0.2, 0.25) is 0 Å². The normalized spacial score (nSPS) is 9.42. The molecule has 0 aliphatic carbocycles. The van der Waals surface area contributed by atoms with Gasteiger partial charge in [0.25, 0.3) is 0 Å². The minimum Gasteiger partial charge on any atom is -0.445 e. The maximum atomic E-state index is 10.9. The lowest BCUT2D eigenvalue weighted by atomic mass is 10.5. The molecule has 0 saturated heterocycles. The molecule has 12 heavy (non-hydrogen) atoms. The maximum absolute atomic E-state index is 10.9. The van der Waals surface area contributed by atoms with Crippen LogP contribution in [0.2, 0.25) is 0 Å². The van der Waals surface area contributed by atoms with Gasteiger partial charge in [0, 0.05) is 6.92 Å². The highest BCUT2D eigenvalue weighted by atomic mass is 16.7. The number of hydrogen-bond acceptors (Lipinski definition) is 4. The summed E-state index contributed by atoms with van der Waals surface area (Å²) < 4.78 is 4.72. The van der Waals surface area contributed by atoms with Crippen molar-refractivity contribution in [3.8, 4) is 0 Å². The van der Waals surface area contributed by atoms with E-state index in [9.17, 15) is 9.59 Å². The van der Waals surface area contributed by atoms with Crippen molar-refractivity contribution in [2.45, 2.75) is 26.9 Å². The average Bonchev–Trinajstić information content (AvgIpc) is 1.84. The van der Waals surface area contributed by atoms with Crippen LogP contribution in [0.3, 0.4) is 0 Å². The monoisotopic (exact) mass is 175 g/mol. The van der Waals surface area contributed by atoms with E-state index in [-0.39, 0.29) is 6.10 Å². The van der Waals surface area contributed by atoms with Crippen molar-refractivity contribution in [2.75, 3.05) is 7.05 Å². The second-order valence-electron chi connectivity index (χ2n) is 2.51. The molecule has 0 heterocycles. The van der Waals surface area contributed by atoms with Gasteiger partial charge in [0.15, 0.2) is 0 Å². The van der Waals surface area contributed by atoms with Crippen LogP contribution in [0.25, 0.3) is 0 Å². The number of hydrogen-bond donors (Lipinski definition) is 0. The molecule has 0 aliphatic rings. The van der Waals surface area contributed by atoms with Gasteiger partial charge in [-0.2, -0.15) is 0 Å². The van der Waals surface area contributed by atoms with Crippen LogP contribution in [0.1, 0.15) is 20.8 Å². The zero-order chi connectivity index (χ0) is 9.72. The molecule has 0 radical (unpaired) electrons. The summed E-state index contributed by atoms with van der Waals surface area (Å²) in [6, 6.07) is 0. The van der Waals surface area contributed by atoms with Crippen molar-refractivity contribution in [3.05, 3.63) is 0 Å². The van der Waals surface area contributed by atoms with Crippen LogP contribution in [-0.2, 0) is 14.4 Å². The molecule has 0 unspecified atom stereocenters. The molecule has 70 valence electrons. The molecule has 1 amide bonds. The molecular weight excluding hydrogens is 162 g/mol. The van der Waals surface area contributed by atoms with Crippen molar-refractivity contribution in [1.29, 1.82) is 0 Å². The molecule has 0 rings (SSSR count). The van der Waals surface area contributed by atoms with Gasteiger partial charge in [-0.1, -0.05) is 0 Å². The van der Waals surface area contributed by atoms with Crippen LogP contribution in [0.5, 0.6) is 0 Å². The summed E-state index contributed by atoms with van der Waals surface area (Å²) in [7, 11) is 1.31. The summed E-state index contributed by atoms with van der Waals surface area (Å²) >= 11 is 0. The zero-order valence-electron chi connectivity index (χ0n) is 7.66. The molecule has 0 aromatic carbocycles. The van der Waals surface area contributed by atoms with Crippen LogP contribution < -0.4 is 0 Å². The molecule has 0 aliphatic heterocycles. The molecule has 5 nitrogen and oxygen atoms in total. The van der Waals surface area contributed by atoms with Crippen LogP contribution in [-0.4, -0.2) is 30.3 Å². The highest BCUT2D eigenvalue weighted by Gasteiger charge is 2.13. The first kappa shape index (κ1) is 10.7. The number of carbonyl (C=O) groups excluding carboxylic acids is 2. The number of hydroxylamine groups is 2. The molecule has 5 heteroatoms. The minimum absolute atomic E-state index is 0.226. The summed E-state index contributed by atoms with van der Waals surface area (Å²) in [5, 5.41) is 0.752. The standard InChI is InChI=1S/C7H13NO4/c1-5(2)11-7(10)8(4)12-6(3)9/h5H,1-4H3. The first-order valence-electron chi connectivity index (χ1n) is 3.56. The highest BCUT2D eigenvalue weighted by molar-refractivity contribution is 5.71. The van der Waals surface area contributed by atoms with Crippen molar-refractivity contribution >= 4 is 12.1 Å². The smallest absolute Gasteiger partial charge is 0.443 e. The highest BCUT2D eigenvalue weighted by Crippen LogP contribution is 1.96. The molecule has 0 N–H and O–H groups in total. The van der Waals surface area contributed by atoms with Crippen LogP contribution in [0.4, 0.5) is 4.79 Å². The third-order valence-electron chi connectivity index (χ3n) is 0.859. The first-order valence-corrected chi connectivity index (χ1v) is 3.56. The maximum Gasteiger partial charge on any atom is 0.443 e. The lowest BCUT2D eigenvalue weighted by molar-refractivity contribution is -0.174. The van der Waals surface area contributed by atoms with Gasteiger partial charge >= 0.3 is 12.1 Å². The van der Waals surface area contributed by atoms with Crippen molar-refractivity contribution < 1.29 is 19.2 Å². The molecule has 0 aromatic rings. The molecule has 0 atom stereocenters. The second-order valence-corrected chi connectivity index (χ2v) is 2.51. The zero-order valence-corrected chi connectivity index (χ0v) is 7.66. The Morgan fingerprint density at radius 2 is 1.83 bits per heavy atom. The van der Waals surface area contributed by atoms with E-state index in [1.54, 1.807) is 13.8 Å². The van der Waals surface area contributed by atoms with Gasteiger partial charge in [0.1, 0.15) is 0 Å². The molecule has 0 aromatic heterocycles. The Bertz CT molecular complexity index is 178. The quantitative estimate of drug-likeness (QED) is 0.556. The van der Waals surface area contributed by atoms with E-state index in [1.165, 1.54) is 14.0 Å². The van der Waals surface area contributed by atoms with Crippen LogP contribution >= 0.6 is 0 Å². The molecule has 0 spiro atoms. The van der Waals surface area contributed by atoms with Gasteiger partial charge < -0.3 is 9.57 Å². The Hall–Kier alpha value is -1.26. The summed E-state index contributed by atoms with van der Waals surface area (Å²) in [6.45, 7) is 4.62. The number of rotatable bonds is 1. The van der Waals surface area contributed by atoms with Crippen LogP contribution in [0.15, 0.2) is 0 Å². The van der Waals surface area contributed by atoms with E-state index in [0.29, 0.717) is 0 Å². The lowest BCUT2D eigenvalue weighted by Crippen LogP contribution is -2.31. The number of nitrogens with zero attached hydrogens (tertiary/aromatic N) is 1. The van der Waals surface area contributed by atoms with E-state index in [2.05, 4.69) is 4.84 Å². The Morgan fingerprint density at radius 1 is 1.33 bits per heavy atom.